The van der Waals surface area contributed by atoms with Gasteiger partial charge in [0.05, 0.1) is 6.54 Å². The molecule has 2 rings (SSSR count). The summed E-state index contributed by atoms with van der Waals surface area (Å²) in [4.78, 5) is 37.8. The van der Waals surface area contributed by atoms with E-state index >= 15 is 0 Å². The molecule has 2 heterocycles. The second-order valence-electron chi connectivity index (χ2n) is 6.77. The number of likely N-dealkylation sites (N-methyl/N-ethyl adjacent to an activating group) is 1. The third-order valence-electron chi connectivity index (χ3n) is 3.40. The van der Waals surface area contributed by atoms with Gasteiger partial charge in [0.25, 0.3) is 11.5 Å². The number of nitrogens with one attached hydrogen (secondary N) is 1. The van der Waals surface area contributed by atoms with E-state index in [-0.39, 0.29) is 23.2 Å². The molecule has 126 valence electrons. The molecule has 1 aromatic rings. The van der Waals surface area contributed by atoms with Gasteiger partial charge < -0.3 is 15.0 Å². The Balaban J connectivity index is 2.32. The lowest BCUT2D eigenvalue weighted by molar-refractivity contribution is 0.0218. The lowest BCUT2D eigenvalue weighted by atomic mass is 10.2. The molecule has 23 heavy (non-hydrogen) atoms. The third kappa shape index (κ3) is 3.34. The molecule has 0 saturated heterocycles. The van der Waals surface area contributed by atoms with E-state index in [2.05, 4.69) is 5.32 Å². The van der Waals surface area contributed by atoms with E-state index in [1.807, 2.05) is 0 Å². The Morgan fingerprint density at radius 1 is 1.39 bits per heavy atom. The molecule has 0 fully saturated rings. The van der Waals surface area contributed by atoms with Crippen molar-refractivity contribution >= 4 is 23.6 Å². The van der Waals surface area contributed by atoms with Crippen molar-refractivity contribution in [3.05, 3.63) is 33.2 Å². The number of fused-ring (bicyclic) bond motifs is 1. The summed E-state index contributed by atoms with van der Waals surface area (Å²) in [5.41, 5.74) is -2.01. The summed E-state index contributed by atoms with van der Waals surface area (Å²) in [5, 5.41) is 2.74. The normalized spacial score (nSPS) is 20.0. The molecule has 0 aliphatic carbocycles. The summed E-state index contributed by atoms with van der Waals surface area (Å²) >= 11 is 5.88. The van der Waals surface area contributed by atoms with Crippen molar-refractivity contribution < 1.29 is 14.3 Å². The zero-order chi connectivity index (χ0) is 17.6. The van der Waals surface area contributed by atoms with Gasteiger partial charge in [-0.1, -0.05) is 11.6 Å². The highest BCUT2D eigenvalue weighted by Crippen LogP contribution is 2.23. The lowest BCUT2D eigenvalue weighted by Crippen LogP contribution is -2.53. The zero-order valence-corrected chi connectivity index (χ0v) is 14.5. The topological polar surface area (TPSA) is 80.6 Å². The van der Waals surface area contributed by atoms with Crippen LogP contribution in [0.3, 0.4) is 0 Å². The largest absolute Gasteiger partial charge is 0.444 e. The van der Waals surface area contributed by atoms with Gasteiger partial charge in [0.1, 0.15) is 22.0 Å². The number of amides is 2. The molecule has 1 N–H and O–H groups in total. The van der Waals surface area contributed by atoms with Gasteiger partial charge in [-0.15, -0.1) is 0 Å². The fraction of sp³-hybridized carbons (Fsp3) is 0.533. The van der Waals surface area contributed by atoms with Crippen molar-refractivity contribution in [2.24, 2.45) is 0 Å². The molecular weight excluding hydrogens is 322 g/mol. The van der Waals surface area contributed by atoms with Gasteiger partial charge in [-0.05, 0) is 39.8 Å². The molecule has 1 aliphatic rings. The van der Waals surface area contributed by atoms with Crippen molar-refractivity contribution in [3.63, 3.8) is 0 Å². The maximum Gasteiger partial charge on any atom is 0.410 e. The standard InChI is InChI=1S/C15H20ClN3O4/c1-14(2,3)23-13(22)18(5)8-15(4)17-11(20)10-7-6-9(16)12(21)19(10)15/h6-7H,8H2,1-5H3,(H,17,20). The van der Waals surface area contributed by atoms with Crippen LogP contribution in [0.25, 0.3) is 0 Å². The molecule has 0 spiro atoms. The van der Waals surface area contributed by atoms with Crippen LogP contribution >= 0.6 is 11.6 Å². The van der Waals surface area contributed by atoms with E-state index in [9.17, 15) is 14.4 Å². The minimum absolute atomic E-state index is 0.0106. The van der Waals surface area contributed by atoms with Crippen LogP contribution in [0.2, 0.25) is 5.02 Å². The van der Waals surface area contributed by atoms with Crippen molar-refractivity contribution in [1.29, 1.82) is 0 Å². The fourth-order valence-electron chi connectivity index (χ4n) is 2.52. The number of hydrogen-bond acceptors (Lipinski definition) is 4. The van der Waals surface area contributed by atoms with Crippen molar-refractivity contribution in [3.8, 4) is 0 Å². The van der Waals surface area contributed by atoms with Crippen molar-refractivity contribution in [2.75, 3.05) is 13.6 Å². The van der Waals surface area contributed by atoms with Gasteiger partial charge in [0.2, 0.25) is 0 Å². The van der Waals surface area contributed by atoms with Crippen molar-refractivity contribution in [1.82, 2.24) is 14.8 Å². The zero-order valence-electron chi connectivity index (χ0n) is 13.8. The van der Waals surface area contributed by atoms with Gasteiger partial charge in [-0.3, -0.25) is 14.2 Å². The predicted molar refractivity (Wildman–Crippen MR) is 85.7 cm³/mol. The summed E-state index contributed by atoms with van der Waals surface area (Å²) in [6.45, 7) is 6.99. The third-order valence-corrected chi connectivity index (χ3v) is 3.68. The molecule has 0 aromatic carbocycles. The van der Waals surface area contributed by atoms with Crippen LogP contribution in [0.15, 0.2) is 16.9 Å². The maximum absolute atomic E-state index is 12.3. The molecule has 1 atom stereocenters. The van der Waals surface area contributed by atoms with Crippen molar-refractivity contribution in [2.45, 2.75) is 39.0 Å². The number of ether oxygens (including phenoxy) is 1. The molecule has 8 heteroatoms. The number of rotatable bonds is 2. The molecular formula is C15H20ClN3O4. The highest BCUT2D eigenvalue weighted by Gasteiger charge is 2.41. The molecule has 0 radical (unpaired) electrons. The average Bonchev–Trinajstić information content (AvgIpc) is 2.63. The Morgan fingerprint density at radius 2 is 2.00 bits per heavy atom. The monoisotopic (exact) mass is 341 g/mol. The second-order valence-corrected chi connectivity index (χ2v) is 7.18. The van der Waals surface area contributed by atoms with Gasteiger partial charge in [0, 0.05) is 7.05 Å². The van der Waals surface area contributed by atoms with Gasteiger partial charge in [-0.2, -0.15) is 0 Å². The summed E-state index contributed by atoms with van der Waals surface area (Å²) in [6, 6.07) is 2.87. The molecule has 7 nitrogen and oxygen atoms in total. The van der Waals surface area contributed by atoms with E-state index in [4.69, 9.17) is 16.3 Å². The highest BCUT2D eigenvalue weighted by atomic mass is 35.5. The minimum Gasteiger partial charge on any atom is -0.444 e. The molecule has 0 bridgehead atoms. The molecule has 1 unspecified atom stereocenters. The summed E-state index contributed by atoms with van der Waals surface area (Å²) in [7, 11) is 1.54. The van der Waals surface area contributed by atoms with Crippen LogP contribution in [0.5, 0.6) is 0 Å². The molecule has 0 saturated carbocycles. The van der Waals surface area contributed by atoms with E-state index in [0.717, 1.165) is 0 Å². The lowest BCUT2D eigenvalue weighted by Gasteiger charge is -2.32. The van der Waals surface area contributed by atoms with Gasteiger partial charge >= 0.3 is 6.09 Å². The first-order chi connectivity index (χ1) is 10.4. The van der Waals surface area contributed by atoms with Crippen LogP contribution < -0.4 is 10.9 Å². The van der Waals surface area contributed by atoms with Crippen LogP contribution in [0.4, 0.5) is 4.79 Å². The highest BCUT2D eigenvalue weighted by molar-refractivity contribution is 6.30. The number of nitrogens with zero attached hydrogens (tertiary/aromatic N) is 2. The first kappa shape index (κ1) is 17.3. The van der Waals surface area contributed by atoms with E-state index < -0.39 is 22.9 Å². The second kappa shape index (κ2) is 5.56. The Morgan fingerprint density at radius 3 is 2.57 bits per heavy atom. The van der Waals surface area contributed by atoms with E-state index in [1.165, 1.54) is 21.6 Å². The smallest absolute Gasteiger partial charge is 0.410 e. The summed E-state index contributed by atoms with van der Waals surface area (Å²) in [5.74, 6) is -0.390. The predicted octanol–water partition coefficient (Wildman–Crippen LogP) is 1.78. The number of halogens is 1. The van der Waals surface area contributed by atoms with Gasteiger partial charge in [-0.25, -0.2) is 4.79 Å². The molecule has 1 aliphatic heterocycles. The van der Waals surface area contributed by atoms with E-state index in [1.54, 1.807) is 34.7 Å². The number of aromatic nitrogens is 1. The SMILES string of the molecule is CN(CC1(C)NC(=O)c2ccc(Cl)c(=O)n21)C(=O)OC(C)(C)C. The van der Waals surface area contributed by atoms with Crippen LogP contribution in [0, 0.1) is 0 Å². The van der Waals surface area contributed by atoms with Crippen LogP contribution in [-0.4, -0.2) is 40.7 Å². The first-order valence-corrected chi connectivity index (χ1v) is 7.51. The Hall–Kier alpha value is -2.02. The maximum atomic E-state index is 12.3. The van der Waals surface area contributed by atoms with Gasteiger partial charge in [0.15, 0.2) is 0 Å². The first-order valence-electron chi connectivity index (χ1n) is 7.13. The summed E-state index contributed by atoms with van der Waals surface area (Å²) in [6.07, 6.45) is -0.545. The number of hydrogen-bond donors (Lipinski definition) is 1. The average molecular weight is 342 g/mol. The Kier molecular flexibility index (Phi) is 4.19. The number of carbonyl (C=O) groups excluding carboxylic acids is 2. The number of carbonyl (C=O) groups is 2. The fourth-order valence-corrected chi connectivity index (χ4v) is 2.67. The summed E-state index contributed by atoms with van der Waals surface area (Å²) < 4.78 is 6.56. The van der Waals surface area contributed by atoms with E-state index in [0.29, 0.717) is 0 Å². The quantitative estimate of drug-likeness (QED) is 0.889. The van der Waals surface area contributed by atoms with Crippen LogP contribution in [-0.2, 0) is 10.4 Å². The minimum atomic E-state index is -1.10. The Labute approximate surface area is 139 Å². The molecule has 2 amide bonds. The van der Waals surface area contributed by atoms with Crippen LogP contribution in [0.1, 0.15) is 38.2 Å². The number of pyridine rings is 1. The Bertz CT molecular complexity index is 722. The molecule has 1 aromatic heterocycles.